The van der Waals surface area contributed by atoms with Gasteiger partial charge in [-0.15, -0.1) is 11.3 Å². The molecule has 0 unspecified atom stereocenters. The highest BCUT2D eigenvalue weighted by Gasteiger charge is 2.35. The lowest BCUT2D eigenvalue weighted by Gasteiger charge is -2.28. The average Bonchev–Trinajstić information content (AvgIpc) is 3.83. The molecular formula is C49H33NOS. The molecule has 0 atom stereocenters. The van der Waals surface area contributed by atoms with Crippen molar-refractivity contribution in [2.75, 3.05) is 4.90 Å². The second kappa shape index (κ2) is 10.9. The number of thiophene rings is 1. The Labute approximate surface area is 305 Å². The number of hydrogen-bond donors (Lipinski definition) is 0. The van der Waals surface area contributed by atoms with E-state index in [0.29, 0.717) is 0 Å². The summed E-state index contributed by atoms with van der Waals surface area (Å²) < 4.78 is 8.97. The molecule has 11 rings (SSSR count). The third-order valence-electron chi connectivity index (χ3n) is 11.2. The predicted octanol–water partition coefficient (Wildman–Crippen LogP) is 14.6. The van der Waals surface area contributed by atoms with Gasteiger partial charge in [-0.25, -0.2) is 0 Å². The van der Waals surface area contributed by atoms with Gasteiger partial charge in [0, 0.05) is 58.8 Å². The summed E-state index contributed by atoms with van der Waals surface area (Å²) in [6, 6.07) is 60.0. The lowest BCUT2D eigenvalue weighted by molar-refractivity contribution is 0.660. The standard InChI is InChI=1S/C49H33NOS/c1-49(2)41-18-6-3-14-36(41)37-24-22-34(29-42(37)49)50(33-23-26-46-40(28-33)38-15-5-8-20-45(38)52-46)32-13-9-12-31(27-32)35-17-10-11-30-21-25-44-48(47(30)35)39-16-4-7-19-43(39)51-44/h3-29H,1-2H3. The van der Waals surface area contributed by atoms with Crippen molar-refractivity contribution in [1.29, 1.82) is 0 Å². The van der Waals surface area contributed by atoms with Crippen LogP contribution in [0.5, 0.6) is 0 Å². The monoisotopic (exact) mass is 683 g/mol. The van der Waals surface area contributed by atoms with Gasteiger partial charge < -0.3 is 9.32 Å². The molecule has 0 aliphatic heterocycles. The first-order valence-electron chi connectivity index (χ1n) is 17.9. The smallest absolute Gasteiger partial charge is 0.136 e. The molecule has 52 heavy (non-hydrogen) atoms. The molecule has 1 aliphatic rings. The number of benzene rings is 8. The maximum atomic E-state index is 6.36. The lowest BCUT2D eigenvalue weighted by atomic mass is 9.82. The third kappa shape index (κ3) is 4.23. The highest BCUT2D eigenvalue weighted by molar-refractivity contribution is 7.25. The summed E-state index contributed by atoms with van der Waals surface area (Å²) in [6.07, 6.45) is 0. The Hall–Kier alpha value is -6.16. The number of rotatable bonds is 4. The molecule has 1 aliphatic carbocycles. The fraction of sp³-hybridized carbons (Fsp3) is 0.0612. The van der Waals surface area contributed by atoms with E-state index >= 15 is 0 Å². The van der Waals surface area contributed by atoms with E-state index in [1.807, 2.05) is 17.4 Å². The van der Waals surface area contributed by atoms with E-state index in [-0.39, 0.29) is 5.41 Å². The SMILES string of the molecule is CC1(C)c2ccccc2-c2ccc(N(c3cccc(-c4cccc5ccc6oc7ccccc7c6c45)c3)c3ccc4sc5ccccc5c4c3)cc21. The van der Waals surface area contributed by atoms with Crippen molar-refractivity contribution in [2.45, 2.75) is 19.3 Å². The van der Waals surface area contributed by atoms with Crippen LogP contribution in [0.15, 0.2) is 168 Å². The Morgan fingerprint density at radius 3 is 2.12 bits per heavy atom. The van der Waals surface area contributed by atoms with E-state index in [0.717, 1.165) is 33.6 Å². The van der Waals surface area contributed by atoms with Crippen LogP contribution in [0.4, 0.5) is 17.1 Å². The van der Waals surface area contributed by atoms with Crippen molar-refractivity contribution in [3.8, 4) is 22.3 Å². The van der Waals surface area contributed by atoms with Gasteiger partial charge in [-0.1, -0.05) is 117 Å². The van der Waals surface area contributed by atoms with Crippen molar-refractivity contribution in [3.05, 3.63) is 175 Å². The average molecular weight is 684 g/mol. The zero-order valence-corrected chi connectivity index (χ0v) is 29.7. The van der Waals surface area contributed by atoms with Gasteiger partial charge in [-0.3, -0.25) is 0 Å². The van der Waals surface area contributed by atoms with Crippen molar-refractivity contribution in [3.63, 3.8) is 0 Å². The van der Waals surface area contributed by atoms with Crippen LogP contribution in [0.25, 0.3) is 75.1 Å². The zero-order chi connectivity index (χ0) is 34.6. The summed E-state index contributed by atoms with van der Waals surface area (Å²) >= 11 is 1.86. The molecular weight excluding hydrogens is 651 g/mol. The number of nitrogens with zero attached hydrogens (tertiary/aromatic N) is 1. The highest BCUT2D eigenvalue weighted by atomic mass is 32.1. The summed E-state index contributed by atoms with van der Waals surface area (Å²) in [5.41, 5.74) is 12.9. The number of furan rings is 1. The first-order valence-corrected chi connectivity index (χ1v) is 18.7. The number of fused-ring (bicyclic) bond motifs is 11. The van der Waals surface area contributed by atoms with Crippen LogP contribution in [0.2, 0.25) is 0 Å². The summed E-state index contributed by atoms with van der Waals surface area (Å²) in [5.74, 6) is 0. The van der Waals surface area contributed by atoms with Gasteiger partial charge in [0.2, 0.25) is 0 Å². The Balaban J connectivity index is 1.15. The van der Waals surface area contributed by atoms with Crippen LogP contribution in [-0.2, 0) is 5.41 Å². The highest BCUT2D eigenvalue weighted by Crippen LogP contribution is 2.51. The molecule has 0 saturated heterocycles. The summed E-state index contributed by atoms with van der Waals surface area (Å²) in [6.45, 7) is 4.72. The minimum Gasteiger partial charge on any atom is -0.456 e. The van der Waals surface area contributed by atoms with E-state index in [1.165, 1.54) is 69.7 Å². The molecule has 0 fully saturated rings. The quantitative estimate of drug-likeness (QED) is 0.184. The van der Waals surface area contributed by atoms with E-state index in [2.05, 4.69) is 176 Å². The maximum absolute atomic E-state index is 6.36. The van der Waals surface area contributed by atoms with Crippen molar-refractivity contribution < 1.29 is 4.42 Å². The molecule has 0 saturated carbocycles. The largest absolute Gasteiger partial charge is 0.456 e. The minimum absolute atomic E-state index is 0.106. The van der Waals surface area contributed by atoms with Gasteiger partial charge in [0.15, 0.2) is 0 Å². The molecule has 3 heteroatoms. The lowest BCUT2D eigenvalue weighted by Crippen LogP contribution is -2.16. The van der Waals surface area contributed by atoms with Gasteiger partial charge in [-0.05, 0) is 99.4 Å². The molecule has 2 heterocycles. The van der Waals surface area contributed by atoms with Gasteiger partial charge in [0.1, 0.15) is 11.2 Å². The predicted molar refractivity (Wildman–Crippen MR) is 222 cm³/mol. The molecule has 2 nitrogen and oxygen atoms in total. The normalized spacial score (nSPS) is 13.3. The van der Waals surface area contributed by atoms with Crippen molar-refractivity contribution in [2.24, 2.45) is 0 Å². The van der Waals surface area contributed by atoms with Crippen LogP contribution >= 0.6 is 11.3 Å². The number of hydrogen-bond acceptors (Lipinski definition) is 3. The van der Waals surface area contributed by atoms with Crippen molar-refractivity contribution >= 4 is 81.3 Å². The van der Waals surface area contributed by atoms with Crippen LogP contribution in [-0.4, -0.2) is 0 Å². The minimum atomic E-state index is -0.106. The zero-order valence-electron chi connectivity index (χ0n) is 28.9. The van der Waals surface area contributed by atoms with E-state index in [9.17, 15) is 0 Å². The van der Waals surface area contributed by atoms with Crippen LogP contribution in [0.1, 0.15) is 25.0 Å². The van der Waals surface area contributed by atoms with Crippen LogP contribution < -0.4 is 4.90 Å². The van der Waals surface area contributed by atoms with Gasteiger partial charge in [-0.2, -0.15) is 0 Å². The Morgan fingerprint density at radius 1 is 0.462 bits per heavy atom. The number of para-hydroxylation sites is 1. The molecule has 2 aromatic heterocycles. The molecule has 0 amide bonds. The summed E-state index contributed by atoms with van der Waals surface area (Å²) in [4.78, 5) is 2.45. The third-order valence-corrected chi connectivity index (χ3v) is 12.4. The molecule has 246 valence electrons. The fourth-order valence-electron chi connectivity index (χ4n) is 8.78. The maximum Gasteiger partial charge on any atom is 0.136 e. The molecule has 8 aromatic carbocycles. The molecule has 10 aromatic rings. The van der Waals surface area contributed by atoms with Crippen LogP contribution in [0.3, 0.4) is 0 Å². The van der Waals surface area contributed by atoms with E-state index < -0.39 is 0 Å². The molecule has 0 radical (unpaired) electrons. The van der Waals surface area contributed by atoms with Gasteiger partial charge in [0.25, 0.3) is 0 Å². The van der Waals surface area contributed by atoms with Gasteiger partial charge in [0.05, 0.1) is 0 Å². The molecule has 0 spiro atoms. The number of anilines is 3. The first kappa shape index (κ1) is 29.6. The fourth-order valence-corrected chi connectivity index (χ4v) is 9.86. The van der Waals surface area contributed by atoms with E-state index in [4.69, 9.17) is 4.42 Å². The van der Waals surface area contributed by atoms with Crippen LogP contribution in [0, 0.1) is 0 Å². The second-order valence-electron chi connectivity index (χ2n) is 14.5. The summed E-state index contributed by atoms with van der Waals surface area (Å²) in [5, 5.41) is 7.32. The molecule has 0 N–H and O–H groups in total. The topological polar surface area (TPSA) is 16.4 Å². The van der Waals surface area contributed by atoms with Crippen molar-refractivity contribution in [1.82, 2.24) is 0 Å². The van der Waals surface area contributed by atoms with Gasteiger partial charge >= 0.3 is 0 Å². The second-order valence-corrected chi connectivity index (χ2v) is 15.6. The molecule has 0 bridgehead atoms. The van der Waals surface area contributed by atoms with E-state index in [1.54, 1.807) is 0 Å². The Morgan fingerprint density at radius 2 is 1.17 bits per heavy atom. The summed E-state index contributed by atoms with van der Waals surface area (Å²) in [7, 11) is 0. The Bertz CT molecular complexity index is 3070. The first-order chi connectivity index (χ1) is 25.5. The Kier molecular flexibility index (Phi) is 6.21.